The summed E-state index contributed by atoms with van der Waals surface area (Å²) in [5.74, 6) is 1.13. The quantitative estimate of drug-likeness (QED) is 0.871. The summed E-state index contributed by atoms with van der Waals surface area (Å²) in [6.07, 6.45) is 2.74. The van der Waals surface area contributed by atoms with E-state index in [1.54, 1.807) is 6.20 Å². The van der Waals surface area contributed by atoms with E-state index >= 15 is 0 Å². The standard InChI is InChI=1S/C14H19N5O/c1-4-7-16-13-17-12(18-14(19-13)20-5-2)11-6-8-15-10(3)9-11/h6,8-9H,4-5,7H2,1-3H3,(H,16,17,18,19). The normalized spacial score (nSPS) is 10.3. The van der Waals surface area contributed by atoms with Crippen molar-refractivity contribution in [1.29, 1.82) is 0 Å². The molecule has 0 saturated carbocycles. The van der Waals surface area contributed by atoms with Crippen molar-refractivity contribution in [3.8, 4) is 17.4 Å². The number of anilines is 1. The zero-order valence-corrected chi connectivity index (χ0v) is 12.1. The van der Waals surface area contributed by atoms with Crippen LogP contribution < -0.4 is 10.1 Å². The molecule has 0 spiro atoms. The zero-order chi connectivity index (χ0) is 14.4. The number of aryl methyl sites for hydroxylation is 1. The van der Waals surface area contributed by atoms with E-state index < -0.39 is 0 Å². The van der Waals surface area contributed by atoms with Gasteiger partial charge in [-0.1, -0.05) is 6.92 Å². The molecule has 0 amide bonds. The minimum atomic E-state index is 0.338. The maximum Gasteiger partial charge on any atom is 0.321 e. The molecule has 0 aliphatic rings. The van der Waals surface area contributed by atoms with Crippen molar-refractivity contribution in [2.75, 3.05) is 18.5 Å². The topological polar surface area (TPSA) is 72.8 Å². The van der Waals surface area contributed by atoms with Crippen molar-refractivity contribution in [1.82, 2.24) is 19.9 Å². The fourth-order valence-corrected chi connectivity index (χ4v) is 1.68. The molecular formula is C14H19N5O. The highest BCUT2D eigenvalue weighted by Gasteiger charge is 2.09. The van der Waals surface area contributed by atoms with Crippen LogP contribution in [0.4, 0.5) is 5.95 Å². The van der Waals surface area contributed by atoms with Crippen LogP contribution in [0.2, 0.25) is 0 Å². The fourth-order valence-electron chi connectivity index (χ4n) is 1.68. The first-order valence-corrected chi connectivity index (χ1v) is 6.78. The Hall–Kier alpha value is -2.24. The largest absolute Gasteiger partial charge is 0.464 e. The Bertz CT molecular complexity index is 573. The third-order valence-corrected chi connectivity index (χ3v) is 2.58. The Kier molecular flexibility index (Phi) is 4.81. The van der Waals surface area contributed by atoms with Gasteiger partial charge in [-0.2, -0.15) is 15.0 Å². The predicted molar refractivity (Wildman–Crippen MR) is 77.7 cm³/mol. The molecule has 2 aromatic heterocycles. The van der Waals surface area contributed by atoms with Crippen LogP contribution >= 0.6 is 0 Å². The van der Waals surface area contributed by atoms with Gasteiger partial charge >= 0.3 is 6.01 Å². The Labute approximate surface area is 118 Å². The lowest BCUT2D eigenvalue weighted by Crippen LogP contribution is -2.08. The summed E-state index contributed by atoms with van der Waals surface area (Å²) in [4.78, 5) is 17.2. The Morgan fingerprint density at radius 2 is 2.05 bits per heavy atom. The lowest BCUT2D eigenvalue weighted by atomic mass is 10.2. The minimum Gasteiger partial charge on any atom is -0.464 e. The number of nitrogens with zero attached hydrogens (tertiary/aromatic N) is 4. The van der Waals surface area contributed by atoms with Crippen molar-refractivity contribution in [3.05, 3.63) is 24.0 Å². The number of rotatable bonds is 6. The van der Waals surface area contributed by atoms with E-state index in [4.69, 9.17) is 4.74 Å². The van der Waals surface area contributed by atoms with Gasteiger partial charge in [0.2, 0.25) is 5.95 Å². The van der Waals surface area contributed by atoms with Gasteiger partial charge in [-0.3, -0.25) is 4.98 Å². The molecular weight excluding hydrogens is 254 g/mol. The second kappa shape index (κ2) is 6.79. The molecule has 0 atom stereocenters. The SMILES string of the molecule is CCCNc1nc(OCC)nc(-c2ccnc(C)c2)n1. The summed E-state index contributed by atoms with van der Waals surface area (Å²) >= 11 is 0. The molecule has 0 aliphatic heterocycles. The highest BCUT2D eigenvalue weighted by molar-refractivity contribution is 5.56. The molecule has 0 bridgehead atoms. The molecule has 0 radical (unpaired) electrons. The lowest BCUT2D eigenvalue weighted by molar-refractivity contribution is 0.312. The molecule has 0 unspecified atom stereocenters. The lowest BCUT2D eigenvalue weighted by Gasteiger charge is -2.08. The third kappa shape index (κ3) is 3.63. The zero-order valence-electron chi connectivity index (χ0n) is 12.1. The number of ether oxygens (including phenoxy) is 1. The molecule has 106 valence electrons. The van der Waals surface area contributed by atoms with E-state index in [9.17, 15) is 0 Å². The highest BCUT2D eigenvalue weighted by Crippen LogP contribution is 2.19. The molecule has 2 rings (SSSR count). The highest BCUT2D eigenvalue weighted by atomic mass is 16.5. The molecule has 1 N–H and O–H groups in total. The average Bonchev–Trinajstić information content (AvgIpc) is 2.45. The number of pyridine rings is 1. The number of hydrogen-bond acceptors (Lipinski definition) is 6. The number of aromatic nitrogens is 4. The van der Waals surface area contributed by atoms with Gasteiger partial charge in [-0.05, 0) is 32.4 Å². The van der Waals surface area contributed by atoms with Gasteiger partial charge in [0.05, 0.1) is 6.61 Å². The number of hydrogen-bond donors (Lipinski definition) is 1. The van der Waals surface area contributed by atoms with Crippen LogP contribution in [0.25, 0.3) is 11.4 Å². The first-order valence-electron chi connectivity index (χ1n) is 6.78. The van der Waals surface area contributed by atoms with Crippen molar-refractivity contribution in [2.24, 2.45) is 0 Å². The van der Waals surface area contributed by atoms with E-state index in [0.717, 1.165) is 24.2 Å². The maximum absolute atomic E-state index is 5.40. The Morgan fingerprint density at radius 3 is 2.75 bits per heavy atom. The van der Waals surface area contributed by atoms with E-state index in [-0.39, 0.29) is 0 Å². The molecule has 6 nitrogen and oxygen atoms in total. The van der Waals surface area contributed by atoms with Crippen LogP contribution in [0.3, 0.4) is 0 Å². The molecule has 2 heterocycles. The van der Waals surface area contributed by atoms with Crippen LogP contribution in [-0.4, -0.2) is 33.1 Å². The predicted octanol–water partition coefficient (Wildman–Crippen LogP) is 2.46. The van der Waals surface area contributed by atoms with Crippen LogP contribution in [0.15, 0.2) is 18.3 Å². The Balaban J connectivity index is 2.37. The summed E-state index contributed by atoms with van der Waals surface area (Å²) < 4.78 is 5.40. The second-order valence-electron chi connectivity index (χ2n) is 4.31. The molecule has 0 aromatic carbocycles. The molecule has 0 saturated heterocycles. The summed E-state index contributed by atoms with van der Waals surface area (Å²) in [5, 5.41) is 3.16. The second-order valence-corrected chi connectivity index (χ2v) is 4.31. The first kappa shape index (κ1) is 14.2. The van der Waals surface area contributed by atoms with E-state index in [1.165, 1.54) is 0 Å². The van der Waals surface area contributed by atoms with Gasteiger partial charge in [0.15, 0.2) is 5.82 Å². The summed E-state index contributed by atoms with van der Waals surface area (Å²) in [5.41, 5.74) is 1.82. The summed E-state index contributed by atoms with van der Waals surface area (Å²) in [7, 11) is 0. The average molecular weight is 273 g/mol. The van der Waals surface area contributed by atoms with Crippen molar-refractivity contribution >= 4 is 5.95 Å². The van der Waals surface area contributed by atoms with Crippen LogP contribution in [-0.2, 0) is 0 Å². The Morgan fingerprint density at radius 1 is 1.20 bits per heavy atom. The minimum absolute atomic E-state index is 0.338. The van der Waals surface area contributed by atoms with Gasteiger partial charge in [0.1, 0.15) is 0 Å². The van der Waals surface area contributed by atoms with Gasteiger partial charge in [0.25, 0.3) is 0 Å². The van der Waals surface area contributed by atoms with E-state index in [1.807, 2.05) is 26.0 Å². The molecule has 6 heteroatoms. The van der Waals surface area contributed by atoms with Crippen molar-refractivity contribution in [3.63, 3.8) is 0 Å². The third-order valence-electron chi connectivity index (χ3n) is 2.58. The molecule has 0 aliphatic carbocycles. The summed E-state index contributed by atoms with van der Waals surface area (Å²) in [6, 6.07) is 4.15. The molecule has 2 aromatic rings. The monoisotopic (exact) mass is 273 g/mol. The van der Waals surface area contributed by atoms with Crippen LogP contribution in [0.1, 0.15) is 26.0 Å². The van der Waals surface area contributed by atoms with E-state index in [2.05, 4.69) is 32.2 Å². The maximum atomic E-state index is 5.40. The smallest absolute Gasteiger partial charge is 0.321 e. The van der Waals surface area contributed by atoms with Crippen LogP contribution in [0.5, 0.6) is 6.01 Å². The molecule has 0 fully saturated rings. The fraction of sp³-hybridized carbons (Fsp3) is 0.429. The first-order chi connectivity index (χ1) is 9.72. The van der Waals surface area contributed by atoms with Crippen molar-refractivity contribution < 1.29 is 4.74 Å². The van der Waals surface area contributed by atoms with E-state index in [0.29, 0.717) is 24.4 Å². The summed E-state index contributed by atoms with van der Waals surface area (Å²) in [6.45, 7) is 7.25. The van der Waals surface area contributed by atoms with Crippen LogP contribution in [0, 0.1) is 6.92 Å². The van der Waals surface area contributed by atoms with Gasteiger partial charge in [0, 0.05) is 24.0 Å². The number of nitrogens with one attached hydrogen (secondary N) is 1. The van der Waals surface area contributed by atoms with Crippen molar-refractivity contribution in [2.45, 2.75) is 27.2 Å². The molecule has 20 heavy (non-hydrogen) atoms. The van der Waals surface area contributed by atoms with Gasteiger partial charge in [-0.25, -0.2) is 0 Å². The van der Waals surface area contributed by atoms with Gasteiger partial charge < -0.3 is 10.1 Å². The van der Waals surface area contributed by atoms with Gasteiger partial charge in [-0.15, -0.1) is 0 Å².